The third-order valence-corrected chi connectivity index (χ3v) is 6.47. The van der Waals surface area contributed by atoms with Crippen molar-refractivity contribution in [2.24, 2.45) is 0 Å². The van der Waals surface area contributed by atoms with Gasteiger partial charge in [0.15, 0.2) is 5.11 Å². The Bertz CT molecular complexity index is 801. The molecule has 8 nitrogen and oxygen atoms in total. The summed E-state index contributed by atoms with van der Waals surface area (Å²) < 4.78 is 31.5. The number of anilines is 1. The van der Waals surface area contributed by atoms with E-state index in [2.05, 4.69) is 15.4 Å². The quantitative estimate of drug-likeness (QED) is 0.529. The van der Waals surface area contributed by atoms with Gasteiger partial charge in [0.2, 0.25) is 15.9 Å². The van der Waals surface area contributed by atoms with Crippen molar-refractivity contribution in [2.45, 2.75) is 43.4 Å². The molecule has 0 aromatic heterocycles. The number of nitrogens with zero attached hydrogens (tertiary/aromatic N) is 1. The smallest absolute Gasteiger partial charge is 0.306 e. The van der Waals surface area contributed by atoms with Crippen LogP contribution in [-0.4, -0.2) is 49.9 Å². The number of sulfonamides is 1. The lowest BCUT2D eigenvalue weighted by Crippen LogP contribution is -2.34. The maximum Gasteiger partial charge on any atom is 0.306 e. The van der Waals surface area contributed by atoms with Gasteiger partial charge in [-0.2, -0.15) is 4.31 Å². The Morgan fingerprint density at radius 1 is 1.07 bits per heavy atom. The van der Waals surface area contributed by atoms with Crippen LogP contribution in [0.1, 0.15) is 38.5 Å². The predicted molar refractivity (Wildman–Crippen MR) is 109 cm³/mol. The summed E-state index contributed by atoms with van der Waals surface area (Å²) in [6.07, 6.45) is 3.79. The van der Waals surface area contributed by atoms with Crippen LogP contribution in [0, 0.1) is 0 Å². The number of carbonyl (C=O) groups is 2. The lowest BCUT2D eigenvalue weighted by atomic mass is 10.2. The summed E-state index contributed by atoms with van der Waals surface area (Å²) in [6, 6.07) is 6.23. The van der Waals surface area contributed by atoms with Crippen LogP contribution in [0.4, 0.5) is 5.69 Å². The maximum atomic E-state index is 12.8. The fraction of sp³-hybridized carbons (Fsp3) is 0.500. The van der Waals surface area contributed by atoms with Gasteiger partial charge in [0.05, 0.1) is 18.4 Å². The molecule has 2 rings (SSSR count). The van der Waals surface area contributed by atoms with Crippen molar-refractivity contribution in [1.82, 2.24) is 9.62 Å². The zero-order valence-corrected chi connectivity index (χ0v) is 17.4. The van der Waals surface area contributed by atoms with Crippen LogP contribution in [0.2, 0.25) is 0 Å². The highest BCUT2D eigenvalue weighted by Crippen LogP contribution is 2.21. The van der Waals surface area contributed by atoms with Gasteiger partial charge in [-0.3, -0.25) is 9.59 Å². The molecule has 0 spiro atoms. The van der Waals surface area contributed by atoms with Crippen molar-refractivity contribution < 1.29 is 22.7 Å². The first-order chi connectivity index (χ1) is 13.3. The molecular weight excluding hydrogens is 402 g/mol. The molecule has 0 saturated carbocycles. The second-order valence-electron chi connectivity index (χ2n) is 6.42. The van der Waals surface area contributed by atoms with Crippen molar-refractivity contribution in [3.05, 3.63) is 24.3 Å². The van der Waals surface area contributed by atoms with Crippen molar-refractivity contribution in [3.8, 4) is 0 Å². The van der Waals surface area contributed by atoms with Crippen LogP contribution >= 0.6 is 12.2 Å². The standard InChI is InChI=1S/C18H25N3O5S2/c1-26-17(23)11-10-16(22)20-18(27)19-14-6-8-15(9-7-14)28(24,25)21-12-4-2-3-5-13-21/h6-9H,2-5,10-13H2,1H3,(H2,19,20,22,27). The molecule has 10 heteroatoms. The van der Waals surface area contributed by atoms with Gasteiger partial charge in [-0.15, -0.1) is 0 Å². The molecule has 0 unspecified atom stereocenters. The molecule has 0 atom stereocenters. The number of carbonyl (C=O) groups excluding carboxylic acids is 2. The Balaban J connectivity index is 1.92. The van der Waals surface area contributed by atoms with Gasteiger partial charge >= 0.3 is 5.97 Å². The summed E-state index contributed by atoms with van der Waals surface area (Å²) in [6.45, 7) is 1.09. The van der Waals surface area contributed by atoms with E-state index in [1.807, 2.05) is 0 Å². The minimum absolute atomic E-state index is 0.0337. The van der Waals surface area contributed by atoms with E-state index >= 15 is 0 Å². The molecule has 1 aliphatic heterocycles. The van der Waals surface area contributed by atoms with Crippen molar-refractivity contribution in [1.29, 1.82) is 0 Å². The van der Waals surface area contributed by atoms with Gasteiger partial charge in [0, 0.05) is 25.2 Å². The van der Waals surface area contributed by atoms with Gasteiger partial charge in [0.25, 0.3) is 0 Å². The lowest BCUT2D eigenvalue weighted by molar-refractivity contribution is -0.142. The predicted octanol–water partition coefficient (Wildman–Crippen LogP) is 2.02. The maximum absolute atomic E-state index is 12.8. The number of ether oxygens (including phenoxy) is 1. The number of esters is 1. The molecule has 1 aromatic carbocycles. The molecule has 154 valence electrons. The summed E-state index contributed by atoms with van der Waals surface area (Å²) in [5.74, 6) is -0.890. The largest absolute Gasteiger partial charge is 0.469 e. The van der Waals surface area contributed by atoms with E-state index in [9.17, 15) is 18.0 Å². The lowest BCUT2D eigenvalue weighted by Gasteiger charge is -2.20. The topological polar surface area (TPSA) is 105 Å². The van der Waals surface area contributed by atoms with Crippen molar-refractivity contribution in [3.63, 3.8) is 0 Å². The van der Waals surface area contributed by atoms with E-state index in [1.54, 1.807) is 12.1 Å². The summed E-state index contributed by atoms with van der Waals surface area (Å²) >= 11 is 5.06. The summed E-state index contributed by atoms with van der Waals surface area (Å²) in [5, 5.41) is 5.34. The Kier molecular flexibility index (Phi) is 8.34. The van der Waals surface area contributed by atoms with Gasteiger partial charge in [-0.05, 0) is 49.3 Å². The van der Waals surface area contributed by atoms with E-state index in [0.717, 1.165) is 25.7 Å². The second kappa shape index (κ2) is 10.5. The average molecular weight is 428 g/mol. The van der Waals surface area contributed by atoms with Crippen LogP contribution in [0.5, 0.6) is 0 Å². The number of amides is 1. The van der Waals surface area contributed by atoms with Crippen molar-refractivity contribution in [2.75, 3.05) is 25.5 Å². The summed E-state index contributed by atoms with van der Waals surface area (Å²) in [5.41, 5.74) is 0.549. The van der Waals surface area contributed by atoms with Gasteiger partial charge in [-0.25, -0.2) is 8.42 Å². The average Bonchev–Trinajstić information content (AvgIpc) is 2.96. The Labute approximate surface area is 170 Å². The molecular formula is C18H25N3O5S2. The van der Waals surface area contributed by atoms with E-state index < -0.39 is 21.9 Å². The Morgan fingerprint density at radius 3 is 2.25 bits per heavy atom. The number of hydrogen-bond donors (Lipinski definition) is 2. The molecule has 28 heavy (non-hydrogen) atoms. The Hall–Kier alpha value is -2.04. The normalized spacial score (nSPS) is 15.3. The zero-order valence-electron chi connectivity index (χ0n) is 15.8. The van der Waals surface area contributed by atoms with Crippen LogP contribution in [0.3, 0.4) is 0 Å². The number of nitrogens with one attached hydrogen (secondary N) is 2. The fourth-order valence-corrected chi connectivity index (χ4v) is 4.56. The van der Waals surface area contributed by atoms with Gasteiger partial charge < -0.3 is 15.4 Å². The Morgan fingerprint density at radius 2 is 1.68 bits per heavy atom. The number of thiocarbonyl (C=S) groups is 1. The minimum atomic E-state index is -3.51. The SMILES string of the molecule is COC(=O)CCC(=O)NC(=S)Nc1ccc(S(=O)(=O)N2CCCCCC2)cc1. The second-order valence-corrected chi connectivity index (χ2v) is 8.77. The first-order valence-electron chi connectivity index (χ1n) is 9.11. The third-order valence-electron chi connectivity index (χ3n) is 4.35. The van der Waals surface area contributed by atoms with E-state index in [4.69, 9.17) is 12.2 Å². The van der Waals surface area contributed by atoms with E-state index in [0.29, 0.717) is 18.8 Å². The number of rotatable bonds is 6. The van der Waals surface area contributed by atoms with Crippen LogP contribution in [-0.2, 0) is 24.3 Å². The molecule has 1 amide bonds. The number of methoxy groups -OCH3 is 1. The molecule has 0 bridgehead atoms. The molecule has 0 aliphatic carbocycles. The minimum Gasteiger partial charge on any atom is -0.469 e. The molecule has 2 N–H and O–H groups in total. The highest BCUT2D eigenvalue weighted by atomic mass is 32.2. The third kappa shape index (κ3) is 6.54. The van der Waals surface area contributed by atoms with Crippen molar-refractivity contribution >= 4 is 44.9 Å². The van der Waals surface area contributed by atoms with Gasteiger partial charge in [-0.1, -0.05) is 12.8 Å². The summed E-state index contributed by atoms with van der Waals surface area (Å²) in [4.78, 5) is 23.0. The van der Waals surface area contributed by atoms with E-state index in [-0.39, 0.29) is 22.8 Å². The first kappa shape index (κ1) is 22.3. The van der Waals surface area contributed by atoms with Crippen LogP contribution in [0.15, 0.2) is 29.2 Å². The molecule has 1 fully saturated rings. The van der Waals surface area contributed by atoms with Crippen LogP contribution < -0.4 is 10.6 Å². The van der Waals surface area contributed by atoms with Crippen LogP contribution in [0.25, 0.3) is 0 Å². The number of benzene rings is 1. The molecule has 1 saturated heterocycles. The fourth-order valence-electron chi connectivity index (χ4n) is 2.81. The number of hydrogen-bond acceptors (Lipinski definition) is 6. The highest BCUT2D eigenvalue weighted by Gasteiger charge is 2.24. The molecule has 1 aliphatic rings. The molecule has 1 heterocycles. The van der Waals surface area contributed by atoms with Gasteiger partial charge in [0.1, 0.15) is 0 Å². The zero-order chi connectivity index (χ0) is 20.6. The first-order valence-corrected chi connectivity index (χ1v) is 11.0. The molecule has 1 aromatic rings. The monoisotopic (exact) mass is 427 g/mol. The highest BCUT2D eigenvalue weighted by molar-refractivity contribution is 7.89. The molecule has 0 radical (unpaired) electrons. The van der Waals surface area contributed by atoms with E-state index in [1.165, 1.54) is 23.5 Å². The summed E-state index contributed by atoms with van der Waals surface area (Å²) in [7, 11) is -2.26.